The first kappa shape index (κ1) is 20.3. The second-order valence-electron chi connectivity index (χ2n) is 6.48. The SMILES string of the molecule is COc1ccccc1CNCC(=O)N(C=O)c1cnn(Cc2c(C)noc2C)c1. The van der Waals surface area contributed by atoms with Gasteiger partial charge in [0.1, 0.15) is 11.5 Å². The average Bonchev–Trinajstić information content (AvgIpc) is 3.31. The van der Waals surface area contributed by atoms with E-state index in [0.717, 1.165) is 27.5 Å². The number of anilines is 1. The lowest BCUT2D eigenvalue weighted by atomic mass is 10.2. The topological polar surface area (TPSA) is 102 Å². The third-order valence-electron chi connectivity index (χ3n) is 4.56. The maximum absolute atomic E-state index is 12.5. The molecule has 0 radical (unpaired) electrons. The normalized spacial score (nSPS) is 10.7. The molecule has 2 aromatic heterocycles. The van der Waals surface area contributed by atoms with Gasteiger partial charge in [0.2, 0.25) is 12.3 Å². The molecule has 0 aliphatic heterocycles. The van der Waals surface area contributed by atoms with Gasteiger partial charge in [-0.1, -0.05) is 23.4 Å². The molecule has 2 heterocycles. The molecule has 2 amide bonds. The number of carbonyl (C=O) groups is 2. The van der Waals surface area contributed by atoms with Crippen molar-refractivity contribution >= 4 is 18.0 Å². The molecule has 9 nitrogen and oxygen atoms in total. The Labute approximate surface area is 168 Å². The maximum atomic E-state index is 12.5. The lowest BCUT2D eigenvalue weighted by Crippen LogP contribution is -2.37. The van der Waals surface area contributed by atoms with Crippen LogP contribution in [0.25, 0.3) is 0 Å². The number of hydrogen-bond donors (Lipinski definition) is 1. The van der Waals surface area contributed by atoms with E-state index in [2.05, 4.69) is 15.6 Å². The molecule has 0 aliphatic rings. The summed E-state index contributed by atoms with van der Waals surface area (Å²) >= 11 is 0. The molecule has 152 valence electrons. The summed E-state index contributed by atoms with van der Waals surface area (Å²) in [6.45, 7) is 4.55. The van der Waals surface area contributed by atoms with E-state index in [4.69, 9.17) is 9.26 Å². The zero-order chi connectivity index (χ0) is 20.8. The van der Waals surface area contributed by atoms with Crippen LogP contribution in [0.15, 0.2) is 41.2 Å². The molecule has 9 heteroatoms. The minimum atomic E-state index is -0.383. The summed E-state index contributed by atoms with van der Waals surface area (Å²) < 4.78 is 12.1. The smallest absolute Gasteiger partial charge is 0.247 e. The Morgan fingerprint density at radius 2 is 2.14 bits per heavy atom. The van der Waals surface area contributed by atoms with Crippen molar-refractivity contribution in [1.29, 1.82) is 0 Å². The van der Waals surface area contributed by atoms with Crippen molar-refractivity contribution in [3.05, 3.63) is 59.2 Å². The summed E-state index contributed by atoms with van der Waals surface area (Å²) in [5.41, 5.74) is 3.02. The van der Waals surface area contributed by atoms with Crippen molar-refractivity contribution in [2.45, 2.75) is 26.9 Å². The predicted octanol–water partition coefficient (Wildman–Crippen LogP) is 1.82. The highest BCUT2D eigenvalue weighted by Crippen LogP contribution is 2.18. The second kappa shape index (κ2) is 9.16. The molecule has 0 bridgehead atoms. The highest BCUT2D eigenvalue weighted by atomic mass is 16.5. The van der Waals surface area contributed by atoms with E-state index >= 15 is 0 Å². The van der Waals surface area contributed by atoms with Crippen LogP contribution in [0, 0.1) is 13.8 Å². The van der Waals surface area contributed by atoms with Gasteiger partial charge in [-0.3, -0.25) is 14.3 Å². The number of benzene rings is 1. The van der Waals surface area contributed by atoms with Crippen molar-refractivity contribution in [2.75, 3.05) is 18.6 Å². The Morgan fingerprint density at radius 3 is 2.83 bits per heavy atom. The van der Waals surface area contributed by atoms with Crippen LogP contribution in [0.4, 0.5) is 5.69 Å². The molecule has 3 rings (SSSR count). The number of carbonyl (C=O) groups excluding carboxylic acids is 2. The first-order chi connectivity index (χ1) is 14.0. The number of aromatic nitrogens is 3. The van der Waals surface area contributed by atoms with Gasteiger partial charge in [0.05, 0.1) is 37.8 Å². The zero-order valence-corrected chi connectivity index (χ0v) is 16.6. The van der Waals surface area contributed by atoms with E-state index in [-0.39, 0.29) is 12.5 Å². The third-order valence-corrected chi connectivity index (χ3v) is 4.56. The fourth-order valence-electron chi connectivity index (χ4n) is 2.96. The first-order valence-corrected chi connectivity index (χ1v) is 9.07. The molecule has 0 saturated carbocycles. The Bertz CT molecular complexity index is 975. The summed E-state index contributed by atoms with van der Waals surface area (Å²) in [6.07, 6.45) is 3.60. The Balaban J connectivity index is 1.61. The van der Waals surface area contributed by atoms with Crippen LogP contribution >= 0.6 is 0 Å². The lowest BCUT2D eigenvalue weighted by molar-refractivity contribution is -0.121. The van der Waals surface area contributed by atoms with E-state index in [1.807, 2.05) is 38.1 Å². The lowest BCUT2D eigenvalue weighted by Gasteiger charge is -2.14. The second-order valence-corrected chi connectivity index (χ2v) is 6.48. The van der Waals surface area contributed by atoms with E-state index in [0.29, 0.717) is 30.9 Å². The minimum absolute atomic E-state index is 0.00810. The van der Waals surface area contributed by atoms with E-state index in [1.54, 1.807) is 18.0 Å². The molecular weight excluding hydrogens is 374 g/mol. The number of imide groups is 1. The summed E-state index contributed by atoms with van der Waals surface area (Å²) in [4.78, 5) is 25.0. The third kappa shape index (κ3) is 4.69. The molecular formula is C20H23N5O4. The van der Waals surface area contributed by atoms with Gasteiger partial charge in [0.15, 0.2) is 0 Å². The van der Waals surface area contributed by atoms with E-state index < -0.39 is 0 Å². The first-order valence-electron chi connectivity index (χ1n) is 9.07. The van der Waals surface area contributed by atoms with Crippen LogP contribution in [0.1, 0.15) is 22.6 Å². The summed E-state index contributed by atoms with van der Waals surface area (Å²) in [7, 11) is 1.60. The standard InChI is InChI=1S/C20H23N5O4/c1-14-18(15(2)29-23-14)12-24-11-17(9-22-24)25(13-26)20(27)10-21-8-16-6-4-5-7-19(16)28-3/h4-7,9,11,13,21H,8,10,12H2,1-3H3. The number of aryl methyl sites for hydroxylation is 2. The quantitative estimate of drug-likeness (QED) is 0.550. The molecule has 0 unspecified atom stereocenters. The summed E-state index contributed by atoms with van der Waals surface area (Å²) in [5.74, 6) is 1.07. The van der Waals surface area contributed by atoms with Gasteiger partial charge in [-0.25, -0.2) is 4.90 Å². The number of methoxy groups -OCH3 is 1. The van der Waals surface area contributed by atoms with Gasteiger partial charge >= 0.3 is 0 Å². The molecule has 1 N–H and O–H groups in total. The largest absolute Gasteiger partial charge is 0.496 e. The molecule has 29 heavy (non-hydrogen) atoms. The molecule has 0 spiro atoms. The Hall–Kier alpha value is -3.46. The van der Waals surface area contributed by atoms with Crippen LogP contribution in [0.3, 0.4) is 0 Å². The van der Waals surface area contributed by atoms with Crippen molar-refractivity contribution < 1.29 is 18.8 Å². The van der Waals surface area contributed by atoms with Gasteiger partial charge in [-0.05, 0) is 19.9 Å². The van der Waals surface area contributed by atoms with Crippen LogP contribution in [0.5, 0.6) is 5.75 Å². The fraction of sp³-hybridized carbons (Fsp3) is 0.300. The van der Waals surface area contributed by atoms with Crippen molar-refractivity contribution in [3.63, 3.8) is 0 Å². The van der Waals surface area contributed by atoms with Gasteiger partial charge in [0, 0.05) is 23.9 Å². The number of rotatable bonds is 9. The number of hydrogen-bond acceptors (Lipinski definition) is 7. The predicted molar refractivity (Wildman–Crippen MR) is 106 cm³/mol. The maximum Gasteiger partial charge on any atom is 0.247 e. The number of para-hydroxylation sites is 1. The summed E-state index contributed by atoms with van der Waals surface area (Å²) in [6, 6.07) is 7.53. The highest BCUT2D eigenvalue weighted by molar-refractivity contribution is 6.07. The Morgan fingerprint density at radius 1 is 1.34 bits per heavy atom. The van der Waals surface area contributed by atoms with Crippen LogP contribution in [-0.2, 0) is 22.7 Å². The number of nitrogens with zero attached hydrogens (tertiary/aromatic N) is 4. The van der Waals surface area contributed by atoms with Crippen LogP contribution < -0.4 is 15.0 Å². The monoisotopic (exact) mass is 397 g/mol. The van der Waals surface area contributed by atoms with Crippen molar-refractivity contribution in [3.8, 4) is 5.75 Å². The molecule has 0 atom stereocenters. The van der Waals surface area contributed by atoms with Gasteiger partial charge in [-0.2, -0.15) is 5.10 Å². The van der Waals surface area contributed by atoms with Gasteiger partial charge in [0.25, 0.3) is 0 Å². The minimum Gasteiger partial charge on any atom is -0.496 e. The number of ether oxygens (including phenoxy) is 1. The van der Waals surface area contributed by atoms with E-state index in [1.165, 1.54) is 6.20 Å². The zero-order valence-electron chi connectivity index (χ0n) is 16.6. The molecule has 3 aromatic rings. The molecule has 0 fully saturated rings. The summed E-state index contributed by atoms with van der Waals surface area (Å²) in [5, 5.41) is 11.2. The van der Waals surface area contributed by atoms with E-state index in [9.17, 15) is 9.59 Å². The van der Waals surface area contributed by atoms with Crippen LogP contribution in [0.2, 0.25) is 0 Å². The van der Waals surface area contributed by atoms with Gasteiger partial charge in [-0.15, -0.1) is 0 Å². The van der Waals surface area contributed by atoms with Gasteiger partial charge < -0.3 is 14.6 Å². The molecule has 0 saturated heterocycles. The Kier molecular flexibility index (Phi) is 6.40. The molecule has 0 aliphatic carbocycles. The molecule has 1 aromatic carbocycles. The number of amides is 2. The fourth-order valence-corrected chi connectivity index (χ4v) is 2.96. The average molecular weight is 397 g/mol. The van der Waals surface area contributed by atoms with Crippen LogP contribution in [-0.4, -0.2) is 40.9 Å². The number of nitrogens with one attached hydrogen (secondary N) is 1. The van der Waals surface area contributed by atoms with Crippen molar-refractivity contribution in [1.82, 2.24) is 20.3 Å². The highest BCUT2D eigenvalue weighted by Gasteiger charge is 2.18. The van der Waals surface area contributed by atoms with Crippen molar-refractivity contribution in [2.24, 2.45) is 0 Å².